The number of ether oxygens (including phenoxy) is 1. The van der Waals surface area contributed by atoms with Gasteiger partial charge in [-0.3, -0.25) is 0 Å². The molecule has 2 aliphatic rings. The highest BCUT2D eigenvalue weighted by molar-refractivity contribution is 7.82. The first-order valence-corrected chi connectivity index (χ1v) is 4.99. The monoisotopic (exact) mass is 194 g/mol. The number of thiol groups is 1. The number of hydrogen-bond acceptors (Lipinski definition) is 2. The Morgan fingerprint density at radius 2 is 2.31 bits per heavy atom. The van der Waals surface area contributed by atoms with Crippen LogP contribution in [0.15, 0.2) is 35.6 Å². The fraction of sp³-hybridized carbons (Fsp3) is 0.455. The van der Waals surface area contributed by atoms with Crippen molar-refractivity contribution in [2.24, 2.45) is 0 Å². The molecular formula is C11H14OS. The summed E-state index contributed by atoms with van der Waals surface area (Å²) >= 11 is 4.55. The van der Waals surface area contributed by atoms with Gasteiger partial charge in [-0.05, 0) is 31.1 Å². The Labute approximate surface area is 84.6 Å². The van der Waals surface area contributed by atoms with Crippen LogP contribution >= 0.6 is 12.6 Å². The van der Waals surface area contributed by atoms with Gasteiger partial charge in [0, 0.05) is 11.2 Å². The van der Waals surface area contributed by atoms with E-state index in [9.17, 15) is 0 Å². The lowest BCUT2D eigenvalue weighted by Gasteiger charge is -2.24. The molecule has 1 aliphatic carbocycles. The highest BCUT2D eigenvalue weighted by Gasteiger charge is 2.25. The molecule has 1 nitrogen and oxygen atoms in total. The van der Waals surface area contributed by atoms with E-state index in [2.05, 4.69) is 38.6 Å². The summed E-state index contributed by atoms with van der Waals surface area (Å²) in [7, 11) is 0. The first-order chi connectivity index (χ1) is 6.07. The second kappa shape index (κ2) is 2.95. The number of hydrogen-bond donors (Lipinski definition) is 1. The third-order valence-corrected chi connectivity index (χ3v) is 2.71. The van der Waals surface area contributed by atoms with Crippen LogP contribution in [0.2, 0.25) is 0 Å². The fourth-order valence-corrected chi connectivity index (χ4v) is 1.79. The Bertz CT molecular complexity index is 305. The van der Waals surface area contributed by atoms with Crippen molar-refractivity contribution in [2.45, 2.75) is 31.1 Å². The summed E-state index contributed by atoms with van der Waals surface area (Å²) in [5, 5.41) is 0. The minimum atomic E-state index is -0.0472. The lowest BCUT2D eigenvalue weighted by molar-refractivity contribution is 0.198. The molecule has 0 radical (unpaired) electrons. The molecule has 1 atom stereocenters. The molecule has 0 fully saturated rings. The zero-order valence-electron chi connectivity index (χ0n) is 7.95. The van der Waals surface area contributed by atoms with E-state index in [1.165, 1.54) is 11.1 Å². The molecule has 0 amide bonds. The molecule has 0 saturated carbocycles. The zero-order valence-corrected chi connectivity index (χ0v) is 8.84. The van der Waals surface area contributed by atoms with E-state index in [1.807, 2.05) is 6.08 Å². The summed E-state index contributed by atoms with van der Waals surface area (Å²) in [5.74, 6) is 0. The van der Waals surface area contributed by atoms with Crippen molar-refractivity contribution >= 4 is 12.6 Å². The highest BCUT2D eigenvalue weighted by atomic mass is 32.1. The lowest BCUT2D eigenvalue weighted by atomic mass is 9.91. The molecule has 0 aromatic carbocycles. The maximum Gasteiger partial charge on any atom is 0.126 e. The van der Waals surface area contributed by atoms with Crippen LogP contribution in [0.4, 0.5) is 0 Å². The third kappa shape index (κ3) is 1.68. The van der Waals surface area contributed by atoms with Gasteiger partial charge in [0.05, 0.1) is 6.26 Å². The molecule has 2 heteroatoms. The van der Waals surface area contributed by atoms with E-state index in [-0.39, 0.29) is 10.9 Å². The Hall–Kier alpha value is -0.630. The van der Waals surface area contributed by atoms with Crippen molar-refractivity contribution in [3.8, 4) is 0 Å². The Kier molecular flexibility index (Phi) is 2.03. The van der Waals surface area contributed by atoms with Crippen LogP contribution < -0.4 is 0 Å². The van der Waals surface area contributed by atoms with E-state index >= 15 is 0 Å². The largest absolute Gasteiger partial charge is 0.493 e. The van der Waals surface area contributed by atoms with Crippen molar-refractivity contribution in [1.82, 2.24) is 0 Å². The van der Waals surface area contributed by atoms with Crippen molar-refractivity contribution in [2.75, 3.05) is 0 Å². The van der Waals surface area contributed by atoms with Crippen LogP contribution in [0.25, 0.3) is 0 Å². The van der Waals surface area contributed by atoms with Gasteiger partial charge in [0.15, 0.2) is 0 Å². The molecule has 1 unspecified atom stereocenters. The SMILES string of the molecule is CC(C)(S)C1=CCC2OC=CC2=C1. The van der Waals surface area contributed by atoms with Gasteiger partial charge in [-0.25, -0.2) is 0 Å². The van der Waals surface area contributed by atoms with Crippen LogP contribution in [0.3, 0.4) is 0 Å². The van der Waals surface area contributed by atoms with Crippen molar-refractivity contribution in [1.29, 1.82) is 0 Å². The maximum absolute atomic E-state index is 5.40. The second-order valence-corrected chi connectivity index (χ2v) is 5.14. The molecule has 0 aromatic heterocycles. The number of fused-ring (bicyclic) bond motifs is 1. The molecular weight excluding hydrogens is 180 g/mol. The van der Waals surface area contributed by atoms with E-state index < -0.39 is 0 Å². The van der Waals surface area contributed by atoms with Crippen LogP contribution in [0, 0.1) is 0 Å². The molecule has 2 rings (SSSR count). The van der Waals surface area contributed by atoms with Gasteiger partial charge in [-0.15, -0.1) is 0 Å². The standard InChI is InChI=1S/C11H14OS/c1-11(2,13)9-3-4-10-8(7-9)5-6-12-10/h3,5-7,10,13H,4H2,1-2H3. The van der Waals surface area contributed by atoms with E-state index in [0.717, 1.165) is 6.42 Å². The molecule has 1 heterocycles. The zero-order chi connectivity index (χ0) is 9.47. The molecule has 0 saturated heterocycles. The average Bonchev–Trinajstić information content (AvgIpc) is 2.47. The van der Waals surface area contributed by atoms with Crippen molar-refractivity contribution < 1.29 is 4.74 Å². The highest BCUT2D eigenvalue weighted by Crippen LogP contribution is 2.33. The van der Waals surface area contributed by atoms with Gasteiger partial charge in [-0.2, -0.15) is 12.6 Å². The van der Waals surface area contributed by atoms with E-state index in [1.54, 1.807) is 6.26 Å². The average molecular weight is 194 g/mol. The normalized spacial score (nSPS) is 26.2. The van der Waals surface area contributed by atoms with Gasteiger partial charge in [0.2, 0.25) is 0 Å². The predicted molar refractivity (Wildman–Crippen MR) is 57.9 cm³/mol. The van der Waals surface area contributed by atoms with E-state index in [0.29, 0.717) is 0 Å². The van der Waals surface area contributed by atoms with Gasteiger partial charge in [0.25, 0.3) is 0 Å². The lowest BCUT2D eigenvalue weighted by Crippen LogP contribution is -2.19. The van der Waals surface area contributed by atoms with Crippen molar-refractivity contribution in [3.05, 3.63) is 35.6 Å². The van der Waals surface area contributed by atoms with Gasteiger partial charge in [-0.1, -0.05) is 12.2 Å². The molecule has 1 aliphatic heterocycles. The summed E-state index contributed by atoms with van der Waals surface area (Å²) in [6.07, 6.45) is 9.45. The smallest absolute Gasteiger partial charge is 0.126 e. The van der Waals surface area contributed by atoms with Crippen LogP contribution in [-0.4, -0.2) is 10.9 Å². The number of rotatable bonds is 1. The molecule has 0 N–H and O–H groups in total. The molecule has 0 spiro atoms. The van der Waals surface area contributed by atoms with Gasteiger partial charge in [0.1, 0.15) is 6.10 Å². The summed E-state index contributed by atoms with van der Waals surface area (Å²) in [6.45, 7) is 4.22. The minimum Gasteiger partial charge on any atom is -0.493 e. The summed E-state index contributed by atoms with van der Waals surface area (Å²) in [4.78, 5) is 0. The summed E-state index contributed by atoms with van der Waals surface area (Å²) < 4.78 is 5.35. The first-order valence-electron chi connectivity index (χ1n) is 4.54. The Morgan fingerprint density at radius 1 is 1.54 bits per heavy atom. The Morgan fingerprint density at radius 3 is 3.00 bits per heavy atom. The maximum atomic E-state index is 5.40. The fourth-order valence-electron chi connectivity index (χ4n) is 1.63. The van der Waals surface area contributed by atoms with Gasteiger partial charge >= 0.3 is 0 Å². The molecule has 0 bridgehead atoms. The van der Waals surface area contributed by atoms with E-state index in [4.69, 9.17) is 4.74 Å². The Balaban J connectivity index is 2.27. The van der Waals surface area contributed by atoms with Gasteiger partial charge < -0.3 is 4.74 Å². The predicted octanol–water partition coefficient (Wildman–Crippen LogP) is 2.86. The molecule has 13 heavy (non-hydrogen) atoms. The van der Waals surface area contributed by atoms with Crippen molar-refractivity contribution in [3.63, 3.8) is 0 Å². The summed E-state index contributed by atoms with van der Waals surface area (Å²) in [6, 6.07) is 0. The first kappa shape index (κ1) is 8.95. The molecule has 70 valence electrons. The second-order valence-electron chi connectivity index (χ2n) is 4.03. The van der Waals surface area contributed by atoms with Crippen LogP contribution in [0.5, 0.6) is 0 Å². The number of allylic oxidation sites excluding steroid dienone is 1. The quantitative estimate of drug-likeness (QED) is 0.631. The topological polar surface area (TPSA) is 9.23 Å². The van der Waals surface area contributed by atoms with Crippen LogP contribution in [-0.2, 0) is 4.74 Å². The minimum absolute atomic E-state index is 0.0472. The van der Waals surface area contributed by atoms with Crippen LogP contribution in [0.1, 0.15) is 20.3 Å². The third-order valence-electron chi connectivity index (χ3n) is 2.46. The summed E-state index contributed by atoms with van der Waals surface area (Å²) in [5.41, 5.74) is 2.57. The molecule has 0 aromatic rings.